The van der Waals surface area contributed by atoms with Gasteiger partial charge in [-0.15, -0.1) is 0 Å². The first-order valence-corrected chi connectivity index (χ1v) is 13.2. The van der Waals surface area contributed by atoms with Gasteiger partial charge in [-0.3, -0.25) is 9.80 Å². The normalized spacial score (nSPS) is 22.2. The van der Waals surface area contributed by atoms with E-state index >= 15 is 0 Å². The lowest BCUT2D eigenvalue weighted by atomic mass is 9.96. The molecule has 2 fully saturated rings. The second-order valence-electron chi connectivity index (χ2n) is 11.4. The number of likely N-dealkylation sites (tertiary alicyclic amines) is 2. The van der Waals surface area contributed by atoms with Crippen LogP contribution in [0.4, 0.5) is 0 Å². The molecule has 3 heterocycles. The minimum atomic E-state index is -0.614. The highest BCUT2D eigenvalue weighted by Crippen LogP contribution is 2.29. The fraction of sp³-hybridized carbons (Fsp3) is 0.533. The fourth-order valence-corrected chi connectivity index (χ4v) is 6.00. The number of nitrogens with zero attached hydrogens (tertiary/aromatic N) is 2. The zero-order chi connectivity index (χ0) is 23.5. The van der Waals surface area contributed by atoms with Crippen molar-refractivity contribution in [2.45, 2.75) is 70.6 Å². The third kappa shape index (κ3) is 5.91. The molecule has 2 aliphatic rings. The van der Waals surface area contributed by atoms with E-state index in [1.54, 1.807) is 0 Å². The Morgan fingerprint density at radius 3 is 2.71 bits per heavy atom. The van der Waals surface area contributed by atoms with Gasteiger partial charge in [-0.1, -0.05) is 36.4 Å². The number of benzene rings is 2. The summed E-state index contributed by atoms with van der Waals surface area (Å²) in [6.07, 6.45) is 9.04. The molecule has 4 nitrogen and oxygen atoms in total. The lowest BCUT2D eigenvalue weighted by Crippen LogP contribution is -2.36. The Hall–Kier alpha value is -2.14. The Bertz CT molecular complexity index is 1070. The second kappa shape index (κ2) is 10.2. The topological polar surface area (TPSA) is 42.5 Å². The van der Waals surface area contributed by atoms with E-state index in [4.69, 9.17) is 0 Å². The van der Waals surface area contributed by atoms with Crippen LogP contribution < -0.4 is 0 Å². The van der Waals surface area contributed by atoms with E-state index in [1.807, 2.05) is 13.8 Å². The van der Waals surface area contributed by atoms with E-state index in [-0.39, 0.29) is 0 Å². The highest BCUT2D eigenvalue weighted by molar-refractivity contribution is 5.84. The van der Waals surface area contributed by atoms with Crippen molar-refractivity contribution >= 4 is 10.9 Å². The Morgan fingerprint density at radius 1 is 1.03 bits per heavy atom. The summed E-state index contributed by atoms with van der Waals surface area (Å²) in [5.74, 6) is 0.792. The van der Waals surface area contributed by atoms with Crippen LogP contribution in [-0.2, 0) is 19.4 Å². The lowest BCUT2D eigenvalue weighted by molar-refractivity contribution is 0.0714. The molecular formula is C30H41N3O. The van der Waals surface area contributed by atoms with Gasteiger partial charge in [0, 0.05) is 42.8 Å². The van der Waals surface area contributed by atoms with Gasteiger partial charge in [0.25, 0.3) is 0 Å². The van der Waals surface area contributed by atoms with Crippen molar-refractivity contribution in [3.8, 4) is 0 Å². The Morgan fingerprint density at radius 2 is 1.88 bits per heavy atom. The molecule has 4 heteroatoms. The summed E-state index contributed by atoms with van der Waals surface area (Å²) in [5.41, 5.74) is 4.83. The van der Waals surface area contributed by atoms with E-state index < -0.39 is 5.60 Å². The molecule has 0 radical (unpaired) electrons. The maximum atomic E-state index is 10.1. The molecule has 5 rings (SSSR count). The van der Waals surface area contributed by atoms with Crippen molar-refractivity contribution in [3.63, 3.8) is 0 Å². The van der Waals surface area contributed by atoms with Crippen LogP contribution in [0.2, 0.25) is 0 Å². The predicted molar refractivity (Wildman–Crippen MR) is 141 cm³/mol. The molecule has 2 aromatic carbocycles. The van der Waals surface area contributed by atoms with E-state index in [9.17, 15) is 5.11 Å². The Balaban J connectivity index is 1.19. The zero-order valence-electron chi connectivity index (χ0n) is 21.0. The third-order valence-corrected chi connectivity index (χ3v) is 7.92. The molecule has 0 bridgehead atoms. The van der Waals surface area contributed by atoms with Crippen LogP contribution in [-0.4, -0.2) is 57.7 Å². The summed E-state index contributed by atoms with van der Waals surface area (Å²) in [6.45, 7) is 9.84. The Kier molecular flexibility index (Phi) is 7.10. The molecule has 1 aromatic heterocycles. The number of H-pyrrole nitrogens is 1. The Labute approximate surface area is 205 Å². The summed E-state index contributed by atoms with van der Waals surface area (Å²) in [6, 6.07) is 18.3. The van der Waals surface area contributed by atoms with Crippen molar-refractivity contribution in [2.24, 2.45) is 5.92 Å². The molecule has 0 amide bonds. The second-order valence-corrected chi connectivity index (χ2v) is 11.4. The van der Waals surface area contributed by atoms with Gasteiger partial charge in [0.05, 0.1) is 5.60 Å². The smallest absolute Gasteiger partial charge is 0.0594 e. The van der Waals surface area contributed by atoms with Crippen LogP contribution in [0.25, 0.3) is 10.9 Å². The number of aromatic amines is 1. The third-order valence-electron chi connectivity index (χ3n) is 7.92. The summed E-state index contributed by atoms with van der Waals surface area (Å²) >= 11 is 0. The number of rotatable bonds is 9. The number of aryl methyl sites for hydroxylation is 1. The molecule has 182 valence electrons. The van der Waals surface area contributed by atoms with Gasteiger partial charge < -0.3 is 10.1 Å². The van der Waals surface area contributed by atoms with Gasteiger partial charge in [0.2, 0.25) is 0 Å². The monoisotopic (exact) mass is 459 g/mol. The maximum Gasteiger partial charge on any atom is 0.0594 e. The highest BCUT2D eigenvalue weighted by Gasteiger charge is 2.30. The van der Waals surface area contributed by atoms with E-state index in [0.29, 0.717) is 6.04 Å². The molecule has 0 unspecified atom stereocenters. The SMILES string of the molecule is CC(C)(O)CCc1ccc2[nH]cc(C[C@H]3CCCN3C[C@@H]3CCN(Cc4ccccc4)C3)c2c1. The van der Waals surface area contributed by atoms with Crippen LogP contribution >= 0.6 is 0 Å². The average molecular weight is 460 g/mol. The molecule has 3 aromatic rings. The van der Waals surface area contributed by atoms with Gasteiger partial charge >= 0.3 is 0 Å². The van der Waals surface area contributed by atoms with Crippen molar-refractivity contribution < 1.29 is 5.11 Å². The minimum Gasteiger partial charge on any atom is -0.390 e. The summed E-state index contributed by atoms with van der Waals surface area (Å²) in [5, 5.41) is 11.5. The van der Waals surface area contributed by atoms with Crippen LogP contribution in [0, 0.1) is 5.92 Å². The van der Waals surface area contributed by atoms with Gasteiger partial charge in [0.1, 0.15) is 0 Å². The van der Waals surface area contributed by atoms with Crippen molar-refractivity contribution in [3.05, 3.63) is 71.4 Å². The van der Waals surface area contributed by atoms with Crippen molar-refractivity contribution in [1.29, 1.82) is 0 Å². The van der Waals surface area contributed by atoms with Crippen LogP contribution in [0.15, 0.2) is 54.7 Å². The van der Waals surface area contributed by atoms with E-state index in [0.717, 1.165) is 31.7 Å². The zero-order valence-corrected chi connectivity index (χ0v) is 21.0. The first-order chi connectivity index (χ1) is 16.4. The van der Waals surface area contributed by atoms with Crippen LogP contribution in [0.1, 0.15) is 56.2 Å². The number of fused-ring (bicyclic) bond motifs is 1. The predicted octanol–water partition coefficient (Wildman–Crippen LogP) is 5.40. The summed E-state index contributed by atoms with van der Waals surface area (Å²) < 4.78 is 0. The van der Waals surface area contributed by atoms with Gasteiger partial charge in [-0.2, -0.15) is 0 Å². The molecule has 0 spiro atoms. The molecule has 34 heavy (non-hydrogen) atoms. The largest absolute Gasteiger partial charge is 0.390 e. The number of aromatic nitrogens is 1. The average Bonchev–Trinajstić information content (AvgIpc) is 3.54. The molecular weight excluding hydrogens is 418 g/mol. The maximum absolute atomic E-state index is 10.1. The molecule has 2 atom stereocenters. The molecule has 0 aliphatic carbocycles. The molecule has 2 saturated heterocycles. The van der Waals surface area contributed by atoms with Crippen molar-refractivity contribution in [1.82, 2.24) is 14.8 Å². The van der Waals surface area contributed by atoms with Crippen LogP contribution in [0.5, 0.6) is 0 Å². The molecule has 0 saturated carbocycles. The number of aliphatic hydroxyl groups is 1. The van der Waals surface area contributed by atoms with Crippen molar-refractivity contribution in [2.75, 3.05) is 26.2 Å². The fourth-order valence-electron chi connectivity index (χ4n) is 6.00. The molecule has 2 N–H and O–H groups in total. The first-order valence-electron chi connectivity index (χ1n) is 13.2. The van der Waals surface area contributed by atoms with E-state index in [1.165, 1.54) is 73.0 Å². The van der Waals surface area contributed by atoms with Gasteiger partial charge in [-0.05, 0) is 100 Å². The minimum absolute atomic E-state index is 0.614. The lowest BCUT2D eigenvalue weighted by Gasteiger charge is -2.27. The highest BCUT2D eigenvalue weighted by atomic mass is 16.3. The van der Waals surface area contributed by atoms with E-state index in [2.05, 4.69) is 69.5 Å². The first kappa shape index (κ1) is 23.6. The molecule has 2 aliphatic heterocycles. The number of hydrogen-bond donors (Lipinski definition) is 2. The van der Waals surface area contributed by atoms with Gasteiger partial charge in [0.15, 0.2) is 0 Å². The summed E-state index contributed by atoms with van der Waals surface area (Å²) in [7, 11) is 0. The summed E-state index contributed by atoms with van der Waals surface area (Å²) in [4.78, 5) is 8.93. The van der Waals surface area contributed by atoms with Crippen LogP contribution in [0.3, 0.4) is 0 Å². The van der Waals surface area contributed by atoms with Gasteiger partial charge in [-0.25, -0.2) is 0 Å². The number of nitrogens with one attached hydrogen (secondary N) is 1. The number of hydrogen-bond acceptors (Lipinski definition) is 3. The standard InChI is InChI=1S/C30H41N3O/c1-30(2,34)14-12-23-10-11-29-28(17-23)26(19-31-29)18-27-9-6-15-33(27)22-25-13-16-32(21-25)20-24-7-4-3-5-8-24/h3-5,7-8,10-11,17,19,25,27,31,34H,6,9,12-16,18,20-22H2,1-2H3/t25-,27-/m1/s1. The quantitative estimate of drug-likeness (QED) is 0.450.